The summed E-state index contributed by atoms with van der Waals surface area (Å²) in [5.74, 6) is -1.18. The van der Waals surface area contributed by atoms with Gasteiger partial charge in [-0.2, -0.15) is 0 Å². The van der Waals surface area contributed by atoms with Crippen molar-refractivity contribution in [2.24, 2.45) is 0 Å². The zero-order valence-electron chi connectivity index (χ0n) is 11.1. The monoisotopic (exact) mass is 277 g/mol. The van der Waals surface area contributed by atoms with E-state index in [1.54, 1.807) is 6.07 Å². The van der Waals surface area contributed by atoms with Crippen LogP contribution in [0.4, 0.5) is 0 Å². The Morgan fingerprint density at radius 3 is 2.53 bits per heavy atom. The summed E-state index contributed by atoms with van der Waals surface area (Å²) in [7, 11) is -1.57. The van der Waals surface area contributed by atoms with Crippen LogP contribution in [0.1, 0.15) is 20.7 Å². The van der Waals surface area contributed by atoms with Crippen molar-refractivity contribution in [2.75, 3.05) is 0 Å². The maximum atomic E-state index is 11.8. The fraction of sp³-hybridized carbons (Fsp3) is 0.308. The molecule has 100 valence electrons. The summed E-state index contributed by atoms with van der Waals surface area (Å²) in [6, 6.07) is 5.02. The average molecular weight is 277 g/mol. The van der Waals surface area contributed by atoms with Crippen molar-refractivity contribution in [1.82, 2.24) is 5.32 Å². The Morgan fingerprint density at radius 2 is 1.89 bits per heavy atom. The first-order valence-electron chi connectivity index (χ1n) is 5.97. The van der Waals surface area contributed by atoms with Gasteiger partial charge < -0.3 is 4.74 Å². The lowest BCUT2D eigenvalue weighted by atomic mass is 10.1. The Balaban J connectivity index is 2.26. The molecule has 5 nitrogen and oxygen atoms in total. The number of nitrogens with one attached hydrogen (secondary N) is 1. The van der Waals surface area contributed by atoms with Crippen LogP contribution in [0.15, 0.2) is 18.2 Å². The third kappa shape index (κ3) is 2.90. The first kappa shape index (κ1) is 13.5. The molecule has 1 aromatic rings. The predicted molar refractivity (Wildman–Crippen MR) is 72.0 cm³/mol. The maximum absolute atomic E-state index is 11.8. The van der Waals surface area contributed by atoms with E-state index >= 15 is 0 Å². The van der Waals surface area contributed by atoms with Crippen molar-refractivity contribution in [3.05, 3.63) is 29.3 Å². The van der Waals surface area contributed by atoms with Crippen LogP contribution in [0.25, 0.3) is 0 Å². The molecule has 0 fully saturated rings. The van der Waals surface area contributed by atoms with Gasteiger partial charge in [0.05, 0.1) is 19.2 Å². The van der Waals surface area contributed by atoms with Gasteiger partial charge in [0.1, 0.15) is 5.75 Å². The van der Waals surface area contributed by atoms with E-state index < -0.39 is 19.9 Å². The molecule has 1 heterocycles. The van der Waals surface area contributed by atoms with E-state index in [-0.39, 0.29) is 22.8 Å². The number of amides is 2. The van der Waals surface area contributed by atoms with Crippen LogP contribution in [0.2, 0.25) is 25.7 Å². The molecule has 0 saturated carbocycles. The molecule has 2 rings (SSSR count). The highest BCUT2D eigenvalue weighted by atomic mass is 28.3. The molecule has 0 spiro atoms. The highest BCUT2D eigenvalue weighted by Crippen LogP contribution is 2.27. The number of ether oxygens (including phenoxy) is 1. The van der Waals surface area contributed by atoms with Gasteiger partial charge in [0.15, 0.2) is 0 Å². The molecule has 1 aromatic carbocycles. The molecule has 1 N–H and O–H groups in total. The molecule has 0 saturated heterocycles. The maximum Gasteiger partial charge on any atom is 0.308 e. The van der Waals surface area contributed by atoms with Gasteiger partial charge >= 0.3 is 5.97 Å². The van der Waals surface area contributed by atoms with E-state index in [1.807, 2.05) is 0 Å². The Hall–Kier alpha value is -1.95. The van der Waals surface area contributed by atoms with E-state index in [0.29, 0.717) is 6.04 Å². The highest BCUT2D eigenvalue weighted by molar-refractivity contribution is 6.78. The molecule has 0 atom stereocenters. The number of esters is 1. The van der Waals surface area contributed by atoms with Crippen LogP contribution in [-0.2, 0) is 4.79 Å². The largest absolute Gasteiger partial charge is 0.426 e. The minimum Gasteiger partial charge on any atom is -0.426 e. The zero-order chi connectivity index (χ0) is 14.2. The standard InChI is InChI=1S/C13H15NO4Si/c1-19(2,3)7-10(15)18-9-6-4-5-8-11(9)13(17)14-12(8)16/h4-6H,7H2,1-3H3,(H,14,16,17). The van der Waals surface area contributed by atoms with E-state index in [4.69, 9.17) is 4.74 Å². The predicted octanol–water partition coefficient (Wildman–Crippen LogP) is 1.81. The first-order valence-corrected chi connectivity index (χ1v) is 9.68. The van der Waals surface area contributed by atoms with Gasteiger partial charge in [-0.05, 0) is 12.1 Å². The van der Waals surface area contributed by atoms with E-state index in [2.05, 4.69) is 25.0 Å². The van der Waals surface area contributed by atoms with Crippen molar-refractivity contribution in [2.45, 2.75) is 25.7 Å². The van der Waals surface area contributed by atoms with Gasteiger partial charge in [0.2, 0.25) is 0 Å². The minimum atomic E-state index is -1.57. The molecule has 0 radical (unpaired) electrons. The molecule has 1 aliphatic heterocycles. The topological polar surface area (TPSA) is 72.5 Å². The smallest absolute Gasteiger partial charge is 0.308 e. The highest BCUT2D eigenvalue weighted by Gasteiger charge is 2.31. The summed E-state index contributed by atoms with van der Waals surface area (Å²) < 4.78 is 5.23. The number of carbonyl (C=O) groups excluding carboxylic acids is 3. The molecule has 19 heavy (non-hydrogen) atoms. The van der Waals surface area contributed by atoms with Gasteiger partial charge in [-0.25, -0.2) is 0 Å². The van der Waals surface area contributed by atoms with Crippen LogP contribution >= 0.6 is 0 Å². The van der Waals surface area contributed by atoms with Crippen LogP contribution in [0.3, 0.4) is 0 Å². The molecule has 0 unspecified atom stereocenters. The number of rotatable bonds is 3. The lowest BCUT2D eigenvalue weighted by Crippen LogP contribution is -2.27. The van der Waals surface area contributed by atoms with Crippen LogP contribution in [-0.4, -0.2) is 25.9 Å². The normalized spacial score (nSPS) is 14.1. The lowest BCUT2D eigenvalue weighted by Gasteiger charge is -2.14. The molecule has 1 aliphatic rings. The van der Waals surface area contributed by atoms with Gasteiger partial charge in [-0.1, -0.05) is 25.7 Å². The van der Waals surface area contributed by atoms with Crippen LogP contribution in [0.5, 0.6) is 5.75 Å². The molecule has 0 bridgehead atoms. The van der Waals surface area contributed by atoms with Gasteiger partial charge in [-0.15, -0.1) is 0 Å². The molecular weight excluding hydrogens is 262 g/mol. The SMILES string of the molecule is C[Si](C)(C)CC(=O)Oc1cccc2c1C(=O)NC2=O. The number of carbonyl (C=O) groups is 3. The number of hydrogen-bond donors (Lipinski definition) is 1. The molecular formula is C13H15NO4Si. The Morgan fingerprint density at radius 1 is 1.21 bits per heavy atom. The third-order valence-electron chi connectivity index (χ3n) is 2.62. The molecule has 0 aromatic heterocycles. The van der Waals surface area contributed by atoms with Crippen LogP contribution < -0.4 is 10.1 Å². The molecule has 6 heteroatoms. The van der Waals surface area contributed by atoms with Crippen LogP contribution in [0, 0.1) is 0 Å². The zero-order valence-corrected chi connectivity index (χ0v) is 12.1. The van der Waals surface area contributed by atoms with Crippen molar-refractivity contribution in [1.29, 1.82) is 0 Å². The van der Waals surface area contributed by atoms with E-state index in [1.165, 1.54) is 12.1 Å². The third-order valence-corrected chi connectivity index (χ3v) is 3.97. The second-order valence-corrected chi connectivity index (χ2v) is 11.1. The van der Waals surface area contributed by atoms with Gasteiger partial charge in [0, 0.05) is 6.04 Å². The number of benzene rings is 1. The van der Waals surface area contributed by atoms with Gasteiger partial charge in [0.25, 0.3) is 11.8 Å². The Bertz CT molecular complexity index is 574. The lowest BCUT2D eigenvalue weighted by molar-refractivity contribution is -0.131. The fourth-order valence-corrected chi connectivity index (χ4v) is 2.80. The minimum absolute atomic E-state index is 0.149. The molecule has 2 amide bonds. The van der Waals surface area contributed by atoms with Crippen molar-refractivity contribution in [3.63, 3.8) is 0 Å². The second-order valence-electron chi connectivity index (χ2n) is 5.67. The van der Waals surface area contributed by atoms with E-state index in [0.717, 1.165) is 0 Å². The number of hydrogen-bond acceptors (Lipinski definition) is 4. The Labute approximate surface area is 112 Å². The van der Waals surface area contributed by atoms with Gasteiger partial charge in [-0.3, -0.25) is 19.7 Å². The summed E-state index contributed by atoms with van der Waals surface area (Å²) >= 11 is 0. The Kier molecular flexibility index (Phi) is 3.28. The van der Waals surface area contributed by atoms with Crippen molar-refractivity contribution in [3.8, 4) is 5.75 Å². The molecule has 0 aliphatic carbocycles. The quantitative estimate of drug-likeness (QED) is 0.396. The average Bonchev–Trinajstić information content (AvgIpc) is 2.53. The van der Waals surface area contributed by atoms with Crippen molar-refractivity contribution >= 4 is 25.9 Å². The van der Waals surface area contributed by atoms with E-state index in [9.17, 15) is 14.4 Å². The summed E-state index contributed by atoms with van der Waals surface area (Å²) in [5, 5.41) is 2.18. The number of imide groups is 1. The second kappa shape index (κ2) is 4.62. The fourth-order valence-electron chi connectivity index (χ4n) is 1.86. The summed E-state index contributed by atoms with van der Waals surface area (Å²) in [6.45, 7) is 6.17. The first-order chi connectivity index (χ1) is 8.78. The van der Waals surface area contributed by atoms with Crippen molar-refractivity contribution < 1.29 is 19.1 Å². The summed E-state index contributed by atoms with van der Waals surface area (Å²) in [6.07, 6.45) is 0. The summed E-state index contributed by atoms with van der Waals surface area (Å²) in [4.78, 5) is 34.9. The summed E-state index contributed by atoms with van der Waals surface area (Å²) in [5.41, 5.74) is 0.403. The number of fused-ring (bicyclic) bond motifs is 1.